The first-order valence-electron chi connectivity index (χ1n) is 8.89. The Morgan fingerprint density at radius 3 is 2.29 bits per heavy atom. The third kappa shape index (κ3) is 7.14. The van der Waals surface area contributed by atoms with Gasteiger partial charge in [0.1, 0.15) is 0 Å². The summed E-state index contributed by atoms with van der Waals surface area (Å²) in [6.07, 6.45) is 0.741. The van der Waals surface area contributed by atoms with Crippen LogP contribution >= 0.6 is 12.2 Å². The van der Waals surface area contributed by atoms with Crippen LogP contribution in [0.2, 0.25) is 0 Å². The molecule has 0 amide bonds. The highest BCUT2D eigenvalue weighted by atomic mass is 32.1. The van der Waals surface area contributed by atoms with Crippen molar-refractivity contribution in [2.24, 2.45) is 0 Å². The lowest BCUT2D eigenvalue weighted by Crippen LogP contribution is -2.41. The number of hydrogen-bond donors (Lipinski definition) is 1. The molecule has 1 atom stereocenters. The van der Waals surface area contributed by atoms with Crippen molar-refractivity contribution in [2.45, 2.75) is 59.2 Å². The second-order valence-corrected chi connectivity index (χ2v) is 6.70. The van der Waals surface area contributed by atoms with E-state index in [9.17, 15) is 0 Å². The molecule has 0 radical (unpaired) electrons. The molecule has 24 heavy (non-hydrogen) atoms. The Balaban J connectivity index is 2.61. The second kappa shape index (κ2) is 11.4. The van der Waals surface area contributed by atoms with Crippen molar-refractivity contribution >= 4 is 17.2 Å². The minimum absolute atomic E-state index is 0.0143. The van der Waals surface area contributed by atoms with E-state index in [0.29, 0.717) is 18.7 Å². The van der Waals surface area contributed by atoms with Gasteiger partial charge in [-0.3, -0.25) is 4.90 Å². The number of nitrogens with one attached hydrogen (secondary N) is 1. The van der Waals surface area contributed by atoms with Gasteiger partial charge in [0, 0.05) is 38.2 Å². The lowest BCUT2D eigenvalue weighted by Gasteiger charge is -2.30. The normalized spacial score (nSPS) is 12.5. The monoisotopic (exact) mass is 348 g/mol. The number of nitrogens with zero attached hydrogens (tertiary/aromatic N) is 1. The fourth-order valence-electron chi connectivity index (χ4n) is 2.93. The minimum Gasteiger partial charge on any atom is -0.380 e. The third-order valence-electron chi connectivity index (χ3n) is 4.09. The summed E-state index contributed by atoms with van der Waals surface area (Å²) in [5.74, 6) is 0. The molecule has 3 nitrogen and oxygen atoms in total. The molecule has 1 unspecified atom stereocenters. The molecule has 1 rings (SSSR count). The van der Waals surface area contributed by atoms with E-state index in [1.54, 1.807) is 0 Å². The van der Waals surface area contributed by atoms with Crippen molar-refractivity contribution in [1.29, 1.82) is 0 Å². The molecule has 0 heterocycles. The Bertz CT molecular complexity index is 502. The number of benzene rings is 1. The number of ether oxygens (including phenoxy) is 1. The Kier molecular flexibility index (Phi) is 9.89. The topological polar surface area (TPSA) is 24.5 Å². The summed E-state index contributed by atoms with van der Waals surface area (Å²) in [7, 11) is 0. The van der Waals surface area contributed by atoms with Gasteiger partial charge in [0.25, 0.3) is 0 Å². The fraction of sp³-hybridized carbons (Fsp3) is 0.600. The molecule has 1 N–H and O–H groups in total. The van der Waals surface area contributed by atoms with Gasteiger partial charge in [-0.1, -0.05) is 30.3 Å². The van der Waals surface area contributed by atoms with Crippen LogP contribution in [0.5, 0.6) is 0 Å². The number of rotatable bonds is 11. The van der Waals surface area contributed by atoms with E-state index in [4.69, 9.17) is 17.0 Å². The lowest BCUT2D eigenvalue weighted by atomic mass is 10.1. The molecule has 0 aromatic heterocycles. The largest absolute Gasteiger partial charge is 0.380 e. The van der Waals surface area contributed by atoms with E-state index in [2.05, 4.69) is 55.1 Å². The second-order valence-electron chi connectivity index (χ2n) is 6.49. The van der Waals surface area contributed by atoms with Gasteiger partial charge in [0.15, 0.2) is 0 Å². The minimum atomic E-state index is 0.0143. The average Bonchev–Trinajstić information content (AvgIpc) is 2.56. The molecule has 0 saturated heterocycles. The number of thiocarbonyl (C=S) groups is 1. The van der Waals surface area contributed by atoms with Crippen LogP contribution in [0.4, 0.5) is 0 Å². The van der Waals surface area contributed by atoms with Gasteiger partial charge in [-0.15, -0.1) is 0 Å². The van der Waals surface area contributed by atoms with Crippen LogP contribution < -0.4 is 5.32 Å². The van der Waals surface area contributed by atoms with Crippen molar-refractivity contribution in [3.05, 3.63) is 41.6 Å². The summed E-state index contributed by atoms with van der Waals surface area (Å²) in [6, 6.07) is 11.4. The van der Waals surface area contributed by atoms with Crippen LogP contribution in [0, 0.1) is 0 Å². The molecule has 0 aliphatic heterocycles. The van der Waals surface area contributed by atoms with Gasteiger partial charge >= 0.3 is 0 Å². The SMILES string of the molecule is CCOC(CC(=C=S)NCCN(C(C)C)C(C)C)c1ccccc1. The quantitative estimate of drug-likeness (QED) is 0.601. The molecule has 4 heteroatoms. The Labute approximate surface area is 153 Å². The average molecular weight is 349 g/mol. The van der Waals surface area contributed by atoms with E-state index in [0.717, 1.165) is 25.2 Å². The lowest BCUT2D eigenvalue weighted by molar-refractivity contribution is 0.0618. The van der Waals surface area contributed by atoms with Crippen LogP contribution in [0.3, 0.4) is 0 Å². The Hall–Kier alpha value is -1.19. The van der Waals surface area contributed by atoms with Crippen molar-refractivity contribution in [3.63, 3.8) is 0 Å². The van der Waals surface area contributed by atoms with Crippen LogP contribution in [-0.4, -0.2) is 41.7 Å². The van der Waals surface area contributed by atoms with Crippen LogP contribution in [0.1, 0.15) is 52.7 Å². The van der Waals surface area contributed by atoms with Crippen molar-refractivity contribution in [2.75, 3.05) is 19.7 Å². The van der Waals surface area contributed by atoms with Crippen LogP contribution in [-0.2, 0) is 4.74 Å². The molecule has 0 bridgehead atoms. The van der Waals surface area contributed by atoms with Crippen LogP contribution in [0.15, 0.2) is 36.0 Å². The van der Waals surface area contributed by atoms with E-state index >= 15 is 0 Å². The fourth-order valence-corrected chi connectivity index (χ4v) is 3.08. The summed E-state index contributed by atoms with van der Waals surface area (Å²) in [4.78, 5) is 2.46. The van der Waals surface area contributed by atoms with Gasteiger partial charge in [-0.05, 0) is 57.4 Å². The summed E-state index contributed by atoms with van der Waals surface area (Å²) in [5.41, 5.74) is 2.12. The molecular weight excluding hydrogens is 316 g/mol. The first-order valence-corrected chi connectivity index (χ1v) is 9.30. The van der Waals surface area contributed by atoms with Gasteiger partial charge < -0.3 is 10.1 Å². The molecule has 0 aliphatic rings. The molecule has 0 spiro atoms. The zero-order valence-corrected chi connectivity index (χ0v) is 16.5. The summed E-state index contributed by atoms with van der Waals surface area (Å²) < 4.78 is 5.91. The zero-order chi connectivity index (χ0) is 17.9. The maximum Gasteiger partial charge on any atom is 0.0885 e. The predicted molar refractivity (Wildman–Crippen MR) is 107 cm³/mol. The van der Waals surface area contributed by atoms with Crippen molar-refractivity contribution < 1.29 is 4.74 Å². The highest BCUT2D eigenvalue weighted by Crippen LogP contribution is 2.23. The highest BCUT2D eigenvalue weighted by Gasteiger charge is 2.15. The Morgan fingerprint density at radius 2 is 1.79 bits per heavy atom. The summed E-state index contributed by atoms with van der Waals surface area (Å²) in [5, 5.41) is 6.33. The predicted octanol–water partition coefficient (Wildman–Crippen LogP) is 4.35. The molecule has 0 fully saturated rings. The summed E-state index contributed by atoms with van der Waals surface area (Å²) in [6.45, 7) is 13.5. The van der Waals surface area contributed by atoms with E-state index < -0.39 is 0 Å². The Morgan fingerprint density at radius 1 is 1.17 bits per heavy atom. The highest BCUT2D eigenvalue weighted by molar-refractivity contribution is 7.78. The smallest absolute Gasteiger partial charge is 0.0885 e. The molecule has 0 saturated carbocycles. The molecule has 1 aromatic rings. The third-order valence-corrected chi connectivity index (χ3v) is 4.33. The molecule has 0 aliphatic carbocycles. The van der Waals surface area contributed by atoms with Crippen LogP contribution in [0.25, 0.3) is 0 Å². The van der Waals surface area contributed by atoms with Gasteiger partial charge in [-0.25, -0.2) is 0 Å². The maximum absolute atomic E-state index is 5.91. The van der Waals surface area contributed by atoms with Crippen molar-refractivity contribution in [3.8, 4) is 0 Å². The van der Waals surface area contributed by atoms with Crippen molar-refractivity contribution in [1.82, 2.24) is 10.2 Å². The van der Waals surface area contributed by atoms with E-state index in [1.165, 1.54) is 5.56 Å². The van der Waals surface area contributed by atoms with Gasteiger partial charge in [-0.2, -0.15) is 0 Å². The van der Waals surface area contributed by atoms with Gasteiger partial charge in [0.05, 0.1) is 11.8 Å². The summed E-state index contributed by atoms with van der Waals surface area (Å²) >= 11 is 5.09. The molecular formula is C20H32N2OS. The maximum atomic E-state index is 5.91. The number of hydrogen-bond acceptors (Lipinski definition) is 4. The molecule has 134 valence electrons. The zero-order valence-electron chi connectivity index (χ0n) is 15.7. The molecule has 1 aromatic carbocycles. The standard InChI is InChI=1S/C20H32N2OS/c1-6-23-20(18-10-8-7-9-11-18)14-19(15-24)21-12-13-22(16(2)3)17(4)5/h7-11,16-17,20-21H,6,12-14H2,1-5H3. The van der Waals surface area contributed by atoms with E-state index in [-0.39, 0.29) is 6.10 Å². The first kappa shape index (κ1) is 20.9. The van der Waals surface area contributed by atoms with E-state index in [1.807, 2.05) is 25.1 Å². The van der Waals surface area contributed by atoms with Gasteiger partial charge in [0.2, 0.25) is 0 Å². The first-order chi connectivity index (χ1) is 11.5.